The lowest BCUT2D eigenvalue weighted by atomic mass is 9.96. The fourth-order valence-corrected chi connectivity index (χ4v) is 3.30. The number of hydrogen-bond acceptors (Lipinski definition) is 5. The molecule has 26 heavy (non-hydrogen) atoms. The molecule has 0 saturated carbocycles. The second-order valence-corrected chi connectivity index (χ2v) is 6.59. The fraction of sp³-hybridized carbons (Fsp3) is 0.368. The number of carbonyl (C=O) groups is 2. The van der Waals surface area contributed by atoms with Crippen molar-refractivity contribution in [3.63, 3.8) is 0 Å². The van der Waals surface area contributed by atoms with Crippen LogP contribution in [0.25, 0.3) is 0 Å². The summed E-state index contributed by atoms with van der Waals surface area (Å²) < 4.78 is 0. The Morgan fingerprint density at radius 2 is 2.04 bits per heavy atom. The van der Waals surface area contributed by atoms with E-state index in [4.69, 9.17) is 5.73 Å². The van der Waals surface area contributed by atoms with Gasteiger partial charge in [0.15, 0.2) is 0 Å². The van der Waals surface area contributed by atoms with Crippen molar-refractivity contribution >= 4 is 17.8 Å². The number of benzene rings is 1. The molecule has 2 amide bonds. The summed E-state index contributed by atoms with van der Waals surface area (Å²) in [4.78, 5) is 36.5. The van der Waals surface area contributed by atoms with Crippen molar-refractivity contribution < 1.29 is 9.59 Å². The van der Waals surface area contributed by atoms with Gasteiger partial charge in [-0.15, -0.1) is 0 Å². The number of nitrogens with zero attached hydrogens (tertiary/aromatic N) is 4. The number of rotatable bonds is 5. The lowest BCUT2D eigenvalue weighted by Crippen LogP contribution is -2.44. The largest absolute Gasteiger partial charge is 0.366 e. The van der Waals surface area contributed by atoms with Gasteiger partial charge in [0.05, 0.1) is 5.92 Å². The van der Waals surface area contributed by atoms with Crippen LogP contribution in [-0.4, -0.2) is 46.8 Å². The van der Waals surface area contributed by atoms with Crippen LogP contribution in [0.15, 0.2) is 42.7 Å². The summed E-state index contributed by atoms with van der Waals surface area (Å²) in [6, 6.07) is 8.86. The normalized spacial score (nSPS) is 17.0. The molecule has 1 unspecified atom stereocenters. The molecule has 0 bridgehead atoms. The Bertz CT molecular complexity index is 781. The van der Waals surface area contributed by atoms with E-state index in [0.717, 1.165) is 24.9 Å². The maximum atomic E-state index is 12.9. The molecule has 2 heterocycles. The van der Waals surface area contributed by atoms with Gasteiger partial charge in [-0.2, -0.15) is 0 Å². The number of hydrogen-bond donors (Lipinski definition) is 1. The molecule has 1 fully saturated rings. The average Bonchev–Trinajstić information content (AvgIpc) is 2.68. The zero-order valence-electron chi connectivity index (χ0n) is 14.8. The van der Waals surface area contributed by atoms with Crippen LogP contribution in [0.3, 0.4) is 0 Å². The number of piperidine rings is 1. The van der Waals surface area contributed by atoms with Gasteiger partial charge in [0.25, 0.3) is 0 Å². The zero-order valence-corrected chi connectivity index (χ0v) is 14.8. The standard InChI is InChI=1S/C19H23N5O2/c1-23(12-14-5-2-6-15(11-14)17(20)25)18(26)16-7-3-10-24(13-16)19-21-8-4-9-22-19/h2,4-6,8-9,11,16H,3,7,10,12-13H2,1H3,(H2,20,25). The van der Waals surface area contributed by atoms with E-state index in [1.807, 2.05) is 6.07 Å². The molecule has 7 nitrogen and oxygen atoms in total. The highest BCUT2D eigenvalue weighted by Gasteiger charge is 2.29. The summed E-state index contributed by atoms with van der Waals surface area (Å²) in [7, 11) is 1.79. The van der Waals surface area contributed by atoms with E-state index in [1.54, 1.807) is 48.6 Å². The van der Waals surface area contributed by atoms with Crippen LogP contribution in [0.2, 0.25) is 0 Å². The van der Waals surface area contributed by atoms with Crippen molar-refractivity contribution in [1.82, 2.24) is 14.9 Å². The van der Waals surface area contributed by atoms with Gasteiger partial charge in [-0.05, 0) is 36.6 Å². The van der Waals surface area contributed by atoms with Gasteiger partial charge in [0.1, 0.15) is 0 Å². The van der Waals surface area contributed by atoms with E-state index in [2.05, 4.69) is 14.9 Å². The predicted octanol–water partition coefficient (Wildman–Crippen LogP) is 1.45. The lowest BCUT2D eigenvalue weighted by molar-refractivity contribution is -0.135. The Morgan fingerprint density at radius 1 is 1.27 bits per heavy atom. The molecule has 0 radical (unpaired) electrons. The Kier molecular flexibility index (Phi) is 5.46. The minimum Gasteiger partial charge on any atom is -0.366 e. The molecular weight excluding hydrogens is 330 g/mol. The van der Waals surface area contributed by atoms with E-state index in [0.29, 0.717) is 24.6 Å². The molecule has 1 aliphatic heterocycles. The quantitative estimate of drug-likeness (QED) is 0.878. The van der Waals surface area contributed by atoms with E-state index >= 15 is 0 Å². The number of aromatic nitrogens is 2. The van der Waals surface area contributed by atoms with Crippen molar-refractivity contribution in [3.05, 3.63) is 53.9 Å². The second-order valence-electron chi connectivity index (χ2n) is 6.59. The molecule has 3 rings (SSSR count). The summed E-state index contributed by atoms with van der Waals surface area (Å²) >= 11 is 0. The number of amides is 2. The summed E-state index contributed by atoms with van der Waals surface area (Å²) in [6.45, 7) is 1.92. The van der Waals surface area contributed by atoms with Gasteiger partial charge < -0.3 is 15.5 Å². The Hall–Kier alpha value is -2.96. The molecule has 136 valence electrons. The fourth-order valence-electron chi connectivity index (χ4n) is 3.30. The van der Waals surface area contributed by atoms with Crippen LogP contribution in [-0.2, 0) is 11.3 Å². The first-order valence-electron chi connectivity index (χ1n) is 8.70. The Labute approximate surface area is 152 Å². The molecule has 2 N–H and O–H groups in total. The highest BCUT2D eigenvalue weighted by atomic mass is 16.2. The SMILES string of the molecule is CN(Cc1cccc(C(N)=O)c1)C(=O)C1CCCN(c2ncccn2)C1. The first-order chi connectivity index (χ1) is 12.5. The molecule has 1 aromatic carbocycles. The zero-order chi connectivity index (χ0) is 18.5. The Morgan fingerprint density at radius 3 is 2.77 bits per heavy atom. The summed E-state index contributed by atoms with van der Waals surface area (Å²) in [6.07, 6.45) is 5.21. The molecule has 0 aliphatic carbocycles. The van der Waals surface area contributed by atoms with Crippen molar-refractivity contribution in [3.8, 4) is 0 Å². The average molecular weight is 353 g/mol. The summed E-state index contributed by atoms with van der Waals surface area (Å²) in [5.74, 6) is 0.209. The number of carbonyl (C=O) groups excluding carboxylic acids is 2. The van der Waals surface area contributed by atoms with Crippen molar-refractivity contribution in [2.45, 2.75) is 19.4 Å². The van der Waals surface area contributed by atoms with Crippen LogP contribution < -0.4 is 10.6 Å². The van der Waals surface area contributed by atoms with Gasteiger partial charge in [-0.25, -0.2) is 9.97 Å². The van der Waals surface area contributed by atoms with Crippen LogP contribution >= 0.6 is 0 Å². The third-order valence-electron chi connectivity index (χ3n) is 4.61. The van der Waals surface area contributed by atoms with Crippen molar-refractivity contribution in [1.29, 1.82) is 0 Å². The molecule has 1 aromatic heterocycles. The molecule has 1 saturated heterocycles. The minimum atomic E-state index is -0.466. The monoisotopic (exact) mass is 353 g/mol. The van der Waals surface area contributed by atoms with E-state index in [1.165, 1.54) is 0 Å². The topological polar surface area (TPSA) is 92.4 Å². The van der Waals surface area contributed by atoms with Crippen LogP contribution in [0.1, 0.15) is 28.8 Å². The van der Waals surface area contributed by atoms with E-state index < -0.39 is 5.91 Å². The summed E-state index contributed by atoms with van der Waals surface area (Å²) in [5, 5.41) is 0. The van der Waals surface area contributed by atoms with Crippen molar-refractivity contribution in [2.24, 2.45) is 11.7 Å². The molecule has 7 heteroatoms. The molecule has 0 spiro atoms. The predicted molar refractivity (Wildman–Crippen MR) is 98.4 cm³/mol. The number of anilines is 1. The number of primary amides is 1. The third-order valence-corrected chi connectivity index (χ3v) is 4.61. The maximum absolute atomic E-state index is 12.9. The maximum Gasteiger partial charge on any atom is 0.248 e. The van der Waals surface area contributed by atoms with Crippen molar-refractivity contribution in [2.75, 3.05) is 25.0 Å². The molecule has 2 aromatic rings. The van der Waals surface area contributed by atoms with Gasteiger partial charge >= 0.3 is 0 Å². The van der Waals surface area contributed by atoms with Gasteiger partial charge in [0, 0.05) is 44.6 Å². The first-order valence-corrected chi connectivity index (χ1v) is 8.70. The Balaban J connectivity index is 1.64. The molecular formula is C19H23N5O2. The van der Waals surface area contributed by atoms with Crippen LogP contribution in [0, 0.1) is 5.92 Å². The smallest absolute Gasteiger partial charge is 0.248 e. The first kappa shape index (κ1) is 17.8. The molecule has 1 aliphatic rings. The van der Waals surface area contributed by atoms with Gasteiger partial charge in [-0.3, -0.25) is 9.59 Å². The third kappa shape index (κ3) is 4.17. The molecule has 1 atom stereocenters. The lowest BCUT2D eigenvalue weighted by Gasteiger charge is -2.34. The van der Waals surface area contributed by atoms with E-state index in [9.17, 15) is 9.59 Å². The highest BCUT2D eigenvalue weighted by molar-refractivity contribution is 5.92. The van der Waals surface area contributed by atoms with E-state index in [-0.39, 0.29) is 11.8 Å². The summed E-state index contributed by atoms with van der Waals surface area (Å²) in [5.41, 5.74) is 6.66. The van der Waals surface area contributed by atoms with Gasteiger partial charge in [0.2, 0.25) is 17.8 Å². The van der Waals surface area contributed by atoms with Crippen LogP contribution in [0.5, 0.6) is 0 Å². The highest BCUT2D eigenvalue weighted by Crippen LogP contribution is 2.22. The van der Waals surface area contributed by atoms with Gasteiger partial charge in [-0.1, -0.05) is 12.1 Å². The minimum absolute atomic E-state index is 0.0862. The number of nitrogens with two attached hydrogens (primary N) is 1. The second kappa shape index (κ2) is 7.95. The van der Waals surface area contributed by atoms with Crippen LogP contribution in [0.4, 0.5) is 5.95 Å².